The molecule has 0 radical (unpaired) electrons. The fraction of sp³-hybridized carbons (Fsp3) is 0.174. The molecule has 3 aromatic rings. The number of urea groups is 1. The number of nitrogens with two attached hydrogens (primary N) is 1. The van der Waals surface area contributed by atoms with Crippen LogP contribution >= 0.6 is 0 Å². The third-order valence-corrected chi connectivity index (χ3v) is 4.87. The number of aromatic nitrogens is 1. The average Bonchev–Trinajstić information content (AvgIpc) is 2.75. The Balaban J connectivity index is 1.89. The van der Waals surface area contributed by atoms with Crippen molar-refractivity contribution >= 4 is 11.7 Å². The van der Waals surface area contributed by atoms with Crippen LogP contribution in [0, 0.1) is 32.1 Å². The van der Waals surface area contributed by atoms with Crippen LogP contribution in [0.4, 0.5) is 10.5 Å². The molecule has 0 aliphatic carbocycles. The lowest BCUT2D eigenvalue weighted by molar-refractivity contribution is 0.252. The number of nitrogens with zero attached hydrogens (tertiary/aromatic N) is 2. The molecule has 2 aromatic carbocycles. The van der Waals surface area contributed by atoms with E-state index in [0.717, 1.165) is 33.6 Å². The zero-order valence-electron chi connectivity index (χ0n) is 17.1. The van der Waals surface area contributed by atoms with E-state index in [1.54, 1.807) is 24.4 Å². The number of hydrogen-bond acceptors (Lipinski definition) is 5. The van der Waals surface area contributed by atoms with Gasteiger partial charge in [0.15, 0.2) is 0 Å². The number of aryl methyl sites for hydroxylation is 3. The Morgan fingerprint density at radius 1 is 1.13 bits per heavy atom. The minimum atomic E-state index is -0.498. The predicted octanol–water partition coefficient (Wildman–Crippen LogP) is 4.12. The van der Waals surface area contributed by atoms with E-state index in [4.69, 9.17) is 10.6 Å². The minimum Gasteiger partial charge on any atom is -0.489 e. The lowest BCUT2D eigenvalue weighted by Crippen LogP contribution is -2.34. The van der Waals surface area contributed by atoms with Gasteiger partial charge in [0.2, 0.25) is 0 Å². The first kappa shape index (κ1) is 20.8. The molecule has 2 amide bonds. The van der Waals surface area contributed by atoms with Crippen LogP contribution in [0.25, 0.3) is 11.3 Å². The average molecular weight is 401 g/mol. The number of nitriles is 1. The third-order valence-electron chi connectivity index (χ3n) is 4.87. The smallest absolute Gasteiger partial charge is 0.333 e. The number of anilines is 1. The summed E-state index contributed by atoms with van der Waals surface area (Å²) in [6, 6.07) is 14.7. The molecular weight excluding hydrogens is 378 g/mol. The molecule has 0 aliphatic heterocycles. The summed E-state index contributed by atoms with van der Waals surface area (Å²) in [4.78, 5) is 16.0. The van der Waals surface area contributed by atoms with Crippen LogP contribution in [0.15, 0.2) is 48.7 Å². The number of rotatable bonds is 5. The van der Waals surface area contributed by atoms with Crippen LogP contribution in [0.1, 0.15) is 27.8 Å². The van der Waals surface area contributed by atoms with E-state index in [2.05, 4.69) is 21.8 Å². The van der Waals surface area contributed by atoms with Gasteiger partial charge in [0.1, 0.15) is 18.4 Å². The first-order valence-electron chi connectivity index (χ1n) is 9.40. The molecule has 0 bridgehead atoms. The molecule has 7 heteroatoms. The number of amides is 2. The summed E-state index contributed by atoms with van der Waals surface area (Å²) in [7, 11) is 0. The second kappa shape index (κ2) is 9.07. The molecular formula is C23H23N5O2. The maximum atomic E-state index is 11.6. The number of nitrogens with one attached hydrogen (secondary N) is 2. The zero-order valence-corrected chi connectivity index (χ0v) is 17.1. The van der Waals surface area contributed by atoms with Gasteiger partial charge in [-0.15, -0.1) is 0 Å². The first-order valence-corrected chi connectivity index (χ1v) is 9.40. The van der Waals surface area contributed by atoms with Crippen molar-refractivity contribution in [2.45, 2.75) is 27.4 Å². The number of hydrazine groups is 1. The van der Waals surface area contributed by atoms with Gasteiger partial charge in [0.25, 0.3) is 0 Å². The van der Waals surface area contributed by atoms with Crippen molar-refractivity contribution in [3.8, 4) is 23.1 Å². The fourth-order valence-electron chi connectivity index (χ4n) is 3.23. The second-order valence-corrected chi connectivity index (χ2v) is 6.93. The molecule has 0 atom stereocenters. The van der Waals surface area contributed by atoms with E-state index in [1.807, 2.05) is 45.0 Å². The summed E-state index contributed by atoms with van der Waals surface area (Å²) in [5.41, 5.74) is 8.51. The Labute approximate surface area is 175 Å². The van der Waals surface area contributed by atoms with Gasteiger partial charge < -0.3 is 10.1 Å². The Kier molecular flexibility index (Phi) is 6.30. The molecule has 30 heavy (non-hydrogen) atoms. The maximum absolute atomic E-state index is 11.6. The molecule has 0 aliphatic rings. The molecule has 3 rings (SSSR count). The SMILES string of the molecule is Cc1cc(-c2ncccc2C#N)c(C)cc1OCc1c(C)cccc1NC(=O)NN. The summed E-state index contributed by atoms with van der Waals surface area (Å²) in [5, 5.41) is 12.1. The molecule has 0 spiro atoms. The standard InChI is InChI=1S/C23H23N5O2/c1-14-6-4-8-20(27-23(29)28-25)19(14)13-30-21-11-15(2)18(10-16(21)3)22-17(12-24)7-5-9-26-22/h4-11H,13,25H2,1-3H3,(H2,27,28,29). The van der Waals surface area contributed by atoms with Crippen LogP contribution in [-0.4, -0.2) is 11.0 Å². The highest BCUT2D eigenvalue weighted by Gasteiger charge is 2.14. The number of benzene rings is 2. The molecule has 152 valence electrons. The van der Waals surface area contributed by atoms with E-state index < -0.39 is 6.03 Å². The van der Waals surface area contributed by atoms with Crippen molar-refractivity contribution in [3.05, 3.63) is 76.5 Å². The third kappa shape index (κ3) is 4.40. The van der Waals surface area contributed by atoms with Gasteiger partial charge in [-0.3, -0.25) is 10.4 Å². The van der Waals surface area contributed by atoms with Gasteiger partial charge in [-0.2, -0.15) is 5.26 Å². The van der Waals surface area contributed by atoms with Crippen LogP contribution in [-0.2, 0) is 6.61 Å². The summed E-state index contributed by atoms with van der Waals surface area (Å²) in [6.45, 7) is 6.14. The minimum absolute atomic E-state index is 0.277. The van der Waals surface area contributed by atoms with Gasteiger partial charge in [-0.1, -0.05) is 12.1 Å². The summed E-state index contributed by atoms with van der Waals surface area (Å²) < 4.78 is 6.10. The summed E-state index contributed by atoms with van der Waals surface area (Å²) in [6.07, 6.45) is 1.68. The lowest BCUT2D eigenvalue weighted by Gasteiger charge is -2.17. The van der Waals surface area contributed by atoms with Gasteiger partial charge >= 0.3 is 6.03 Å². The topological polar surface area (TPSA) is 113 Å². The number of pyridine rings is 1. The van der Waals surface area contributed by atoms with Crippen molar-refractivity contribution in [1.29, 1.82) is 5.26 Å². The maximum Gasteiger partial charge on any atom is 0.333 e. The Morgan fingerprint density at radius 2 is 1.93 bits per heavy atom. The van der Waals surface area contributed by atoms with E-state index in [9.17, 15) is 10.1 Å². The Bertz CT molecular complexity index is 1130. The largest absolute Gasteiger partial charge is 0.489 e. The predicted molar refractivity (Wildman–Crippen MR) is 116 cm³/mol. The Hall–Kier alpha value is -3.89. The van der Waals surface area contributed by atoms with Crippen molar-refractivity contribution in [3.63, 3.8) is 0 Å². The highest BCUT2D eigenvalue weighted by molar-refractivity contribution is 5.89. The number of ether oxygens (including phenoxy) is 1. The van der Waals surface area contributed by atoms with Gasteiger partial charge in [0, 0.05) is 23.0 Å². The van der Waals surface area contributed by atoms with Crippen molar-refractivity contribution in [2.24, 2.45) is 5.84 Å². The Morgan fingerprint density at radius 3 is 2.67 bits per heavy atom. The normalized spacial score (nSPS) is 10.2. The van der Waals surface area contributed by atoms with Gasteiger partial charge in [-0.25, -0.2) is 10.6 Å². The van der Waals surface area contributed by atoms with Crippen LogP contribution < -0.4 is 21.3 Å². The molecule has 0 saturated carbocycles. The van der Waals surface area contributed by atoms with Crippen molar-refractivity contribution in [1.82, 2.24) is 10.4 Å². The second-order valence-electron chi connectivity index (χ2n) is 6.93. The van der Waals surface area contributed by atoms with Crippen LogP contribution in [0.3, 0.4) is 0 Å². The molecule has 0 saturated heterocycles. The number of carbonyl (C=O) groups excluding carboxylic acids is 1. The van der Waals surface area contributed by atoms with Crippen LogP contribution in [0.2, 0.25) is 0 Å². The molecule has 0 unspecified atom stereocenters. The van der Waals surface area contributed by atoms with E-state index in [0.29, 0.717) is 16.9 Å². The van der Waals surface area contributed by atoms with Gasteiger partial charge in [-0.05, 0) is 67.8 Å². The van der Waals surface area contributed by atoms with E-state index >= 15 is 0 Å². The quantitative estimate of drug-likeness (QED) is 0.338. The molecule has 4 N–H and O–H groups in total. The van der Waals surface area contributed by atoms with Crippen LogP contribution in [0.5, 0.6) is 5.75 Å². The van der Waals surface area contributed by atoms with Gasteiger partial charge in [0.05, 0.1) is 11.3 Å². The van der Waals surface area contributed by atoms with E-state index in [1.165, 1.54) is 0 Å². The first-order chi connectivity index (χ1) is 14.4. The molecule has 1 heterocycles. The summed E-state index contributed by atoms with van der Waals surface area (Å²) in [5.74, 6) is 5.90. The molecule has 7 nitrogen and oxygen atoms in total. The highest BCUT2D eigenvalue weighted by Crippen LogP contribution is 2.32. The molecule has 1 aromatic heterocycles. The monoisotopic (exact) mass is 401 g/mol. The number of hydrogen-bond donors (Lipinski definition) is 3. The van der Waals surface area contributed by atoms with E-state index in [-0.39, 0.29) is 6.61 Å². The lowest BCUT2D eigenvalue weighted by atomic mass is 9.98. The summed E-state index contributed by atoms with van der Waals surface area (Å²) >= 11 is 0. The van der Waals surface area contributed by atoms with Crippen molar-refractivity contribution in [2.75, 3.05) is 5.32 Å². The number of carbonyl (C=O) groups is 1. The highest BCUT2D eigenvalue weighted by atomic mass is 16.5. The molecule has 0 fully saturated rings. The van der Waals surface area contributed by atoms with Crippen molar-refractivity contribution < 1.29 is 9.53 Å². The fourth-order valence-corrected chi connectivity index (χ4v) is 3.23. The zero-order chi connectivity index (χ0) is 21.7.